The number of amides is 2. The van der Waals surface area contributed by atoms with Crippen LogP contribution in [0.5, 0.6) is 0 Å². The number of nitrogens with zero attached hydrogens (tertiary/aromatic N) is 2. The molecule has 29 heavy (non-hydrogen) atoms. The SMILES string of the molecule is CCCC(=O)N1CCC(C(=O)N2CCC[C@H]2Cc2cccc3ccccc23)CC1. The summed E-state index contributed by atoms with van der Waals surface area (Å²) in [7, 11) is 0. The van der Waals surface area contributed by atoms with E-state index in [4.69, 9.17) is 0 Å². The van der Waals surface area contributed by atoms with Gasteiger partial charge in [-0.3, -0.25) is 9.59 Å². The van der Waals surface area contributed by atoms with Crippen molar-refractivity contribution in [1.82, 2.24) is 9.80 Å². The van der Waals surface area contributed by atoms with Gasteiger partial charge in [-0.1, -0.05) is 49.4 Å². The summed E-state index contributed by atoms with van der Waals surface area (Å²) in [5.74, 6) is 0.637. The predicted octanol–water partition coefficient (Wildman–Crippen LogP) is 4.41. The molecule has 4 heteroatoms. The zero-order valence-corrected chi connectivity index (χ0v) is 17.5. The molecule has 0 radical (unpaired) electrons. The number of hydrogen-bond acceptors (Lipinski definition) is 2. The van der Waals surface area contributed by atoms with Gasteiger partial charge in [0.25, 0.3) is 0 Å². The number of likely N-dealkylation sites (tertiary alicyclic amines) is 2. The zero-order chi connectivity index (χ0) is 20.2. The molecule has 0 saturated carbocycles. The molecule has 4 rings (SSSR count). The first kappa shape index (κ1) is 19.9. The van der Waals surface area contributed by atoms with Gasteiger partial charge in [0, 0.05) is 38.0 Å². The van der Waals surface area contributed by atoms with Gasteiger partial charge in [-0.25, -0.2) is 0 Å². The maximum Gasteiger partial charge on any atom is 0.226 e. The molecule has 0 aromatic heterocycles. The van der Waals surface area contributed by atoms with E-state index >= 15 is 0 Å². The smallest absolute Gasteiger partial charge is 0.226 e. The molecule has 2 heterocycles. The van der Waals surface area contributed by atoms with Crippen LogP contribution in [0.4, 0.5) is 0 Å². The Bertz CT molecular complexity index is 865. The molecule has 2 aromatic carbocycles. The maximum atomic E-state index is 13.3. The molecule has 154 valence electrons. The first-order valence-corrected chi connectivity index (χ1v) is 11.2. The number of hydrogen-bond donors (Lipinski definition) is 0. The second-order valence-electron chi connectivity index (χ2n) is 8.58. The van der Waals surface area contributed by atoms with E-state index in [2.05, 4.69) is 47.4 Å². The van der Waals surface area contributed by atoms with Gasteiger partial charge in [0.15, 0.2) is 0 Å². The Morgan fingerprint density at radius 2 is 1.72 bits per heavy atom. The van der Waals surface area contributed by atoms with E-state index in [0.717, 1.165) is 58.2 Å². The predicted molar refractivity (Wildman–Crippen MR) is 117 cm³/mol. The van der Waals surface area contributed by atoms with Crippen molar-refractivity contribution in [3.63, 3.8) is 0 Å². The number of fused-ring (bicyclic) bond motifs is 1. The minimum absolute atomic E-state index is 0.0776. The van der Waals surface area contributed by atoms with Gasteiger partial charge in [0.05, 0.1) is 0 Å². The van der Waals surface area contributed by atoms with Crippen LogP contribution >= 0.6 is 0 Å². The summed E-state index contributed by atoms with van der Waals surface area (Å²) in [6.45, 7) is 4.38. The fraction of sp³-hybridized carbons (Fsp3) is 0.520. The highest BCUT2D eigenvalue weighted by Crippen LogP contribution is 2.29. The Balaban J connectivity index is 1.41. The van der Waals surface area contributed by atoms with Crippen molar-refractivity contribution in [2.45, 2.75) is 57.9 Å². The number of rotatable bonds is 5. The average molecular weight is 393 g/mol. The molecule has 0 aliphatic carbocycles. The van der Waals surface area contributed by atoms with Crippen LogP contribution in [0.1, 0.15) is 51.0 Å². The summed E-state index contributed by atoms with van der Waals surface area (Å²) in [6.07, 6.45) is 6.25. The summed E-state index contributed by atoms with van der Waals surface area (Å²) < 4.78 is 0. The molecule has 2 fully saturated rings. The molecular weight excluding hydrogens is 360 g/mol. The summed E-state index contributed by atoms with van der Waals surface area (Å²) in [6, 6.07) is 15.3. The quantitative estimate of drug-likeness (QED) is 0.756. The van der Waals surface area contributed by atoms with Crippen molar-refractivity contribution in [2.75, 3.05) is 19.6 Å². The molecule has 2 aromatic rings. The Morgan fingerprint density at radius 3 is 2.52 bits per heavy atom. The third-order valence-electron chi connectivity index (χ3n) is 6.66. The number of piperidine rings is 1. The highest BCUT2D eigenvalue weighted by Gasteiger charge is 2.35. The summed E-state index contributed by atoms with van der Waals surface area (Å²) in [4.78, 5) is 29.5. The number of benzene rings is 2. The Labute approximate surface area is 173 Å². The molecule has 2 amide bonds. The molecule has 1 atom stereocenters. The number of carbonyl (C=O) groups is 2. The second-order valence-corrected chi connectivity index (χ2v) is 8.58. The molecule has 0 spiro atoms. The molecule has 0 N–H and O–H groups in total. The van der Waals surface area contributed by atoms with E-state index in [0.29, 0.717) is 18.4 Å². The third kappa shape index (κ3) is 4.31. The molecule has 0 unspecified atom stereocenters. The third-order valence-corrected chi connectivity index (χ3v) is 6.66. The van der Waals surface area contributed by atoms with E-state index in [9.17, 15) is 9.59 Å². The fourth-order valence-electron chi connectivity index (χ4n) is 5.04. The zero-order valence-electron chi connectivity index (χ0n) is 17.5. The van der Waals surface area contributed by atoms with Gasteiger partial charge in [-0.2, -0.15) is 0 Å². The molecule has 2 aliphatic heterocycles. The normalized spacial score (nSPS) is 20.4. The van der Waals surface area contributed by atoms with E-state index in [1.807, 2.05) is 11.8 Å². The van der Waals surface area contributed by atoms with Gasteiger partial charge < -0.3 is 9.80 Å². The maximum absolute atomic E-state index is 13.3. The van der Waals surface area contributed by atoms with Crippen molar-refractivity contribution in [2.24, 2.45) is 5.92 Å². The lowest BCUT2D eigenvalue weighted by molar-refractivity contribution is -0.141. The van der Waals surface area contributed by atoms with Gasteiger partial charge in [-0.15, -0.1) is 0 Å². The standard InChI is InChI=1S/C25H32N2O2/c1-2-7-24(28)26-16-13-20(14-17-26)25(29)27-15-6-11-22(27)18-21-10-5-9-19-8-3-4-12-23(19)21/h3-5,8-10,12,20,22H,2,6-7,11,13-18H2,1H3/t22-/m0/s1. The first-order chi connectivity index (χ1) is 14.2. The molecular formula is C25H32N2O2. The Kier molecular flexibility index (Phi) is 6.17. The van der Waals surface area contributed by atoms with Crippen LogP contribution in [0.2, 0.25) is 0 Å². The van der Waals surface area contributed by atoms with Crippen LogP contribution in [0, 0.1) is 5.92 Å². The molecule has 0 bridgehead atoms. The minimum atomic E-state index is 0.0776. The van der Waals surface area contributed by atoms with Crippen LogP contribution < -0.4 is 0 Å². The molecule has 2 saturated heterocycles. The highest BCUT2D eigenvalue weighted by atomic mass is 16.2. The Morgan fingerprint density at radius 1 is 0.966 bits per heavy atom. The van der Waals surface area contributed by atoms with E-state index in [1.165, 1.54) is 16.3 Å². The van der Waals surface area contributed by atoms with Crippen LogP contribution in [0.25, 0.3) is 10.8 Å². The second kappa shape index (κ2) is 8.98. The molecule has 4 nitrogen and oxygen atoms in total. The lowest BCUT2D eigenvalue weighted by Gasteiger charge is -2.35. The van der Waals surface area contributed by atoms with Crippen molar-refractivity contribution < 1.29 is 9.59 Å². The van der Waals surface area contributed by atoms with E-state index < -0.39 is 0 Å². The van der Waals surface area contributed by atoms with Gasteiger partial charge in [0.2, 0.25) is 11.8 Å². The van der Waals surface area contributed by atoms with Crippen LogP contribution in [0.15, 0.2) is 42.5 Å². The summed E-state index contributed by atoms with van der Waals surface area (Å²) in [5.41, 5.74) is 1.34. The van der Waals surface area contributed by atoms with Crippen LogP contribution in [0.3, 0.4) is 0 Å². The van der Waals surface area contributed by atoms with Gasteiger partial charge in [0.1, 0.15) is 0 Å². The number of carbonyl (C=O) groups excluding carboxylic acids is 2. The lowest BCUT2D eigenvalue weighted by Crippen LogP contribution is -2.46. The van der Waals surface area contributed by atoms with Gasteiger partial charge >= 0.3 is 0 Å². The van der Waals surface area contributed by atoms with E-state index in [1.54, 1.807) is 0 Å². The van der Waals surface area contributed by atoms with Crippen molar-refractivity contribution in [3.05, 3.63) is 48.0 Å². The average Bonchev–Trinajstić information content (AvgIpc) is 3.22. The monoisotopic (exact) mass is 392 g/mol. The Hall–Kier alpha value is -2.36. The lowest BCUT2D eigenvalue weighted by atomic mass is 9.93. The van der Waals surface area contributed by atoms with Crippen LogP contribution in [-0.4, -0.2) is 47.3 Å². The van der Waals surface area contributed by atoms with Crippen molar-refractivity contribution in [3.8, 4) is 0 Å². The topological polar surface area (TPSA) is 40.6 Å². The highest BCUT2D eigenvalue weighted by molar-refractivity contribution is 5.86. The summed E-state index contributed by atoms with van der Waals surface area (Å²) in [5, 5.41) is 2.57. The van der Waals surface area contributed by atoms with Crippen LogP contribution in [-0.2, 0) is 16.0 Å². The minimum Gasteiger partial charge on any atom is -0.343 e. The first-order valence-electron chi connectivity index (χ1n) is 11.2. The fourth-order valence-corrected chi connectivity index (χ4v) is 5.04. The van der Waals surface area contributed by atoms with Crippen molar-refractivity contribution in [1.29, 1.82) is 0 Å². The largest absolute Gasteiger partial charge is 0.343 e. The van der Waals surface area contributed by atoms with Gasteiger partial charge in [-0.05, 0) is 54.9 Å². The van der Waals surface area contributed by atoms with Crippen molar-refractivity contribution >= 4 is 22.6 Å². The van der Waals surface area contributed by atoms with E-state index in [-0.39, 0.29) is 11.8 Å². The molecule has 2 aliphatic rings. The summed E-state index contributed by atoms with van der Waals surface area (Å²) >= 11 is 0.